The third-order valence-corrected chi connectivity index (χ3v) is 3.96. The van der Waals surface area contributed by atoms with Gasteiger partial charge in [-0.2, -0.15) is 0 Å². The third kappa shape index (κ3) is 4.97. The molecule has 1 aliphatic heterocycles. The van der Waals surface area contributed by atoms with E-state index in [0.29, 0.717) is 0 Å². The number of aliphatic hydroxyl groups is 1. The molecule has 1 aromatic rings. The summed E-state index contributed by atoms with van der Waals surface area (Å²) in [6, 6.07) is 5.24. The SMILES string of the molecule is Cl.OCCC[C@H](c1cc(F)cc(Br)c1)N1CCNCC1. The van der Waals surface area contributed by atoms with Crippen molar-refractivity contribution in [3.05, 3.63) is 34.1 Å². The number of rotatable bonds is 5. The number of halogens is 3. The summed E-state index contributed by atoms with van der Waals surface area (Å²) in [5.41, 5.74) is 0.988. The molecule has 6 heteroatoms. The summed E-state index contributed by atoms with van der Waals surface area (Å²) < 4.78 is 14.3. The second kappa shape index (κ2) is 8.95. The minimum atomic E-state index is -0.214. The van der Waals surface area contributed by atoms with Crippen molar-refractivity contribution in [2.24, 2.45) is 0 Å². The molecule has 0 aromatic heterocycles. The number of nitrogens with zero attached hydrogens (tertiary/aromatic N) is 1. The number of hydrogen-bond acceptors (Lipinski definition) is 3. The summed E-state index contributed by atoms with van der Waals surface area (Å²) >= 11 is 3.35. The van der Waals surface area contributed by atoms with Crippen LogP contribution in [0, 0.1) is 5.82 Å². The summed E-state index contributed by atoms with van der Waals surface area (Å²) in [5.74, 6) is -0.214. The maximum Gasteiger partial charge on any atom is 0.124 e. The van der Waals surface area contributed by atoms with Crippen molar-refractivity contribution in [1.82, 2.24) is 10.2 Å². The molecule has 1 saturated heterocycles. The highest BCUT2D eigenvalue weighted by atomic mass is 79.9. The van der Waals surface area contributed by atoms with Crippen LogP contribution in [0.2, 0.25) is 0 Å². The van der Waals surface area contributed by atoms with Crippen molar-refractivity contribution >= 4 is 28.3 Å². The predicted molar refractivity (Wildman–Crippen MR) is 84.9 cm³/mol. The van der Waals surface area contributed by atoms with E-state index in [9.17, 15) is 4.39 Å². The van der Waals surface area contributed by atoms with Gasteiger partial charge < -0.3 is 10.4 Å². The van der Waals surface area contributed by atoms with E-state index in [1.165, 1.54) is 6.07 Å². The predicted octanol–water partition coefficient (Wildman–Crippen LogP) is 2.73. The van der Waals surface area contributed by atoms with Gasteiger partial charge in [0.15, 0.2) is 0 Å². The van der Waals surface area contributed by atoms with Gasteiger partial charge in [-0.1, -0.05) is 15.9 Å². The first-order chi connectivity index (χ1) is 9.20. The molecule has 20 heavy (non-hydrogen) atoms. The largest absolute Gasteiger partial charge is 0.396 e. The average Bonchev–Trinajstić information content (AvgIpc) is 2.39. The van der Waals surface area contributed by atoms with Crippen LogP contribution in [0.15, 0.2) is 22.7 Å². The first-order valence-corrected chi connectivity index (χ1v) is 7.51. The highest BCUT2D eigenvalue weighted by Gasteiger charge is 2.22. The van der Waals surface area contributed by atoms with Gasteiger partial charge in [0.05, 0.1) is 0 Å². The molecule has 0 spiro atoms. The monoisotopic (exact) mass is 366 g/mol. The van der Waals surface area contributed by atoms with Crippen molar-refractivity contribution < 1.29 is 9.50 Å². The van der Waals surface area contributed by atoms with E-state index >= 15 is 0 Å². The zero-order valence-electron chi connectivity index (χ0n) is 11.3. The van der Waals surface area contributed by atoms with Gasteiger partial charge in [-0.15, -0.1) is 12.4 Å². The van der Waals surface area contributed by atoms with E-state index in [4.69, 9.17) is 5.11 Å². The molecule has 1 heterocycles. The second-order valence-corrected chi connectivity index (χ2v) is 5.79. The zero-order chi connectivity index (χ0) is 13.7. The molecule has 3 nitrogen and oxygen atoms in total. The lowest BCUT2D eigenvalue weighted by molar-refractivity contribution is 0.154. The molecular formula is C14H21BrClFN2O. The molecule has 1 fully saturated rings. The van der Waals surface area contributed by atoms with Gasteiger partial charge in [-0.05, 0) is 36.6 Å². The Kier molecular flexibility index (Phi) is 7.99. The van der Waals surface area contributed by atoms with E-state index in [2.05, 4.69) is 26.1 Å². The first kappa shape index (κ1) is 17.9. The fraction of sp³-hybridized carbons (Fsp3) is 0.571. The Hall–Kier alpha value is -0.200. The van der Waals surface area contributed by atoms with Crippen LogP contribution >= 0.6 is 28.3 Å². The van der Waals surface area contributed by atoms with Gasteiger partial charge in [-0.25, -0.2) is 4.39 Å². The lowest BCUT2D eigenvalue weighted by Gasteiger charge is -2.35. The van der Waals surface area contributed by atoms with Crippen LogP contribution in [0.4, 0.5) is 4.39 Å². The molecule has 0 saturated carbocycles. The number of piperazine rings is 1. The Balaban J connectivity index is 0.00000200. The normalized spacial score (nSPS) is 17.6. The number of aliphatic hydroxyl groups excluding tert-OH is 1. The molecular weight excluding hydrogens is 347 g/mol. The minimum Gasteiger partial charge on any atom is -0.396 e. The van der Waals surface area contributed by atoms with Crippen LogP contribution in [-0.4, -0.2) is 42.8 Å². The van der Waals surface area contributed by atoms with E-state index in [1.54, 1.807) is 6.07 Å². The molecule has 0 radical (unpaired) electrons. The summed E-state index contributed by atoms with van der Waals surface area (Å²) in [4.78, 5) is 2.37. The Morgan fingerprint density at radius 1 is 1.30 bits per heavy atom. The quantitative estimate of drug-likeness (QED) is 0.840. The minimum absolute atomic E-state index is 0. The zero-order valence-corrected chi connectivity index (χ0v) is 13.7. The van der Waals surface area contributed by atoms with Crippen molar-refractivity contribution in [3.8, 4) is 0 Å². The summed E-state index contributed by atoms with van der Waals surface area (Å²) in [6.07, 6.45) is 1.59. The van der Waals surface area contributed by atoms with Crippen LogP contribution < -0.4 is 5.32 Å². The van der Waals surface area contributed by atoms with E-state index in [0.717, 1.165) is 49.1 Å². The van der Waals surface area contributed by atoms with Crippen molar-refractivity contribution in [2.75, 3.05) is 32.8 Å². The molecule has 0 amide bonds. The Morgan fingerprint density at radius 2 is 2.00 bits per heavy atom. The van der Waals surface area contributed by atoms with Crippen LogP contribution in [0.1, 0.15) is 24.4 Å². The standard InChI is InChI=1S/C14H20BrFN2O.ClH/c15-12-8-11(9-13(16)10-12)14(2-1-7-19)18-5-3-17-4-6-18;/h8-10,14,17,19H,1-7H2;1H/t14-;/m1./s1. The molecule has 1 aromatic carbocycles. The smallest absolute Gasteiger partial charge is 0.124 e. The Bertz CT molecular complexity index is 396. The highest BCUT2D eigenvalue weighted by Crippen LogP contribution is 2.29. The van der Waals surface area contributed by atoms with E-state index < -0.39 is 0 Å². The first-order valence-electron chi connectivity index (χ1n) is 6.72. The summed E-state index contributed by atoms with van der Waals surface area (Å²) in [7, 11) is 0. The van der Waals surface area contributed by atoms with Gasteiger partial charge in [0.2, 0.25) is 0 Å². The van der Waals surface area contributed by atoms with E-state index in [-0.39, 0.29) is 30.9 Å². The van der Waals surface area contributed by atoms with Gasteiger partial charge in [0.25, 0.3) is 0 Å². The lowest BCUT2D eigenvalue weighted by atomic mass is 9.99. The summed E-state index contributed by atoms with van der Waals surface area (Å²) in [5, 5.41) is 12.4. The fourth-order valence-electron chi connectivity index (χ4n) is 2.61. The molecule has 1 aliphatic rings. The van der Waals surface area contributed by atoms with Gasteiger partial charge in [-0.3, -0.25) is 4.90 Å². The van der Waals surface area contributed by atoms with Crippen molar-refractivity contribution in [1.29, 1.82) is 0 Å². The maximum atomic E-state index is 13.6. The van der Waals surface area contributed by atoms with Crippen LogP contribution in [0.5, 0.6) is 0 Å². The molecule has 0 aliphatic carbocycles. The Morgan fingerprint density at radius 3 is 2.60 bits per heavy atom. The third-order valence-electron chi connectivity index (χ3n) is 3.50. The maximum absolute atomic E-state index is 13.6. The van der Waals surface area contributed by atoms with Crippen LogP contribution in [0.3, 0.4) is 0 Å². The number of nitrogens with one attached hydrogen (secondary N) is 1. The van der Waals surface area contributed by atoms with Crippen molar-refractivity contribution in [3.63, 3.8) is 0 Å². The molecule has 2 N–H and O–H groups in total. The fourth-order valence-corrected chi connectivity index (χ4v) is 3.09. The highest BCUT2D eigenvalue weighted by molar-refractivity contribution is 9.10. The topological polar surface area (TPSA) is 35.5 Å². The molecule has 114 valence electrons. The Labute approximate surface area is 134 Å². The van der Waals surface area contributed by atoms with Crippen LogP contribution in [0.25, 0.3) is 0 Å². The van der Waals surface area contributed by atoms with Gasteiger partial charge in [0.1, 0.15) is 5.82 Å². The average molecular weight is 368 g/mol. The molecule has 1 atom stereocenters. The molecule has 0 unspecified atom stereocenters. The van der Waals surface area contributed by atoms with Gasteiger partial charge in [0, 0.05) is 43.3 Å². The van der Waals surface area contributed by atoms with E-state index in [1.807, 2.05) is 6.07 Å². The number of benzene rings is 1. The molecule has 0 bridgehead atoms. The molecule has 2 rings (SSSR count). The second-order valence-electron chi connectivity index (χ2n) is 4.87. The van der Waals surface area contributed by atoms with Crippen molar-refractivity contribution in [2.45, 2.75) is 18.9 Å². The summed E-state index contributed by atoms with van der Waals surface area (Å²) in [6.45, 7) is 4.03. The van der Waals surface area contributed by atoms with Crippen LogP contribution in [-0.2, 0) is 0 Å². The lowest BCUT2D eigenvalue weighted by Crippen LogP contribution is -2.45. The number of hydrogen-bond donors (Lipinski definition) is 2. The van der Waals surface area contributed by atoms with Gasteiger partial charge >= 0.3 is 0 Å².